The fraction of sp³-hybridized carbons (Fsp3) is 0.333. The number of rotatable bonds is 5. The largest absolute Gasteiger partial charge is 0.508 e. The molecule has 4 aromatic rings. The number of hydrogen-bond donors (Lipinski definition) is 2. The highest BCUT2D eigenvalue weighted by Gasteiger charge is 2.44. The molecular weight excluding hydrogens is 514 g/mol. The Bertz CT molecular complexity index is 1780. The fourth-order valence-corrected chi connectivity index (χ4v) is 5.88. The van der Waals surface area contributed by atoms with E-state index in [0.29, 0.717) is 41.8 Å². The second-order valence-corrected chi connectivity index (χ2v) is 10.9. The maximum absolute atomic E-state index is 16.5. The molecule has 7 rings (SSSR count). The number of phenols is 1. The molecule has 0 amide bonds. The van der Waals surface area contributed by atoms with E-state index in [-0.39, 0.29) is 46.1 Å². The van der Waals surface area contributed by atoms with Crippen LogP contribution in [0.2, 0.25) is 0 Å². The summed E-state index contributed by atoms with van der Waals surface area (Å²) in [7, 11) is 0. The van der Waals surface area contributed by atoms with E-state index < -0.39 is 17.0 Å². The van der Waals surface area contributed by atoms with Crippen molar-refractivity contribution in [2.24, 2.45) is 5.41 Å². The maximum Gasteiger partial charge on any atom is 0.319 e. The molecule has 40 heavy (non-hydrogen) atoms. The molecule has 0 spiro atoms. The number of phenolic OH excluding ortho intramolecular Hbond substituents is 1. The van der Waals surface area contributed by atoms with Gasteiger partial charge in [-0.2, -0.15) is 15.2 Å². The van der Waals surface area contributed by atoms with Gasteiger partial charge >= 0.3 is 6.01 Å². The lowest BCUT2D eigenvalue weighted by atomic mass is 9.96. The number of terminal acetylenes is 1. The van der Waals surface area contributed by atoms with Crippen molar-refractivity contribution in [1.82, 2.24) is 20.3 Å². The van der Waals surface area contributed by atoms with E-state index in [1.807, 2.05) is 0 Å². The molecule has 2 aliphatic heterocycles. The minimum atomic E-state index is -0.773. The molecule has 0 radical (unpaired) electrons. The number of aromatic nitrogens is 3. The number of ether oxygens (including phenoxy) is 1. The summed E-state index contributed by atoms with van der Waals surface area (Å²) in [5.41, 5.74) is -0.630. The molecule has 2 unspecified atom stereocenters. The number of nitrogens with zero attached hydrogens (tertiary/aromatic N) is 5. The number of nitriles is 1. The molecule has 2 atom stereocenters. The summed E-state index contributed by atoms with van der Waals surface area (Å²) in [6.07, 6.45) is 10.7. The predicted molar refractivity (Wildman–Crippen MR) is 145 cm³/mol. The first-order valence-corrected chi connectivity index (χ1v) is 13.2. The lowest BCUT2D eigenvalue weighted by molar-refractivity contribution is 0.249. The van der Waals surface area contributed by atoms with Gasteiger partial charge in [0.1, 0.15) is 35.2 Å². The molecule has 3 fully saturated rings. The third-order valence-electron chi connectivity index (χ3n) is 8.18. The fourth-order valence-electron chi connectivity index (χ4n) is 5.88. The van der Waals surface area contributed by atoms with Gasteiger partial charge in [0.15, 0.2) is 5.82 Å². The number of nitrogens with one attached hydrogen (secondary N) is 1. The van der Waals surface area contributed by atoms with Crippen molar-refractivity contribution in [2.45, 2.75) is 37.8 Å². The van der Waals surface area contributed by atoms with Gasteiger partial charge in [0.05, 0.1) is 22.4 Å². The zero-order chi connectivity index (χ0) is 27.6. The summed E-state index contributed by atoms with van der Waals surface area (Å²) in [6, 6.07) is 8.30. The number of aromatic hydroxyl groups is 1. The zero-order valence-corrected chi connectivity index (χ0v) is 21.4. The summed E-state index contributed by atoms with van der Waals surface area (Å²) < 4.78 is 37.0. The van der Waals surface area contributed by atoms with Crippen LogP contribution in [0.15, 0.2) is 30.5 Å². The number of hydrogen-bond acceptors (Lipinski definition) is 8. The number of anilines is 1. The second-order valence-electron chi connectivity index (χ2n) is 10.9. The van der Waals surface area contributed by atoms with Crippen molar-refractivity contribution in [3.63, 3.8) is 0 Å². The van der Waals surface area contributed by atoms with Gasteiger partial charge < -0.3 is 20.1 Å². The molecule has 4 heterocycles. The first-order valence-electron chi connectivity index (χ1n) is 13.2. The Morgan fingerprint density at radius 2 is 1.95 bits per heavy atom. The Labute approximate surface area is 228 Å². The molecule has 3 aliphatic rings. The monoisotopic (exact) mass is 538 g/mol. The van der Waals surface area contributed by atoms with Crippen LogP contribution in [0.1, 0.15) is 31.2 Å². The number of benzene rings is 2. The van der Waals surface area contributed by atoms with E-state index in [1.54, 1.807) is 0 Å². The van der Waals surface area contributed by atoms with Gasteiger partial charge in [0, 0.05) is 42.3 Å². The average molecular weight is 539 g/mol. The highest BCUT2D eigenvalue weighted by Crippen LogP contribution is 2.45. The van der Waals surface area contributed by atoms with Crippen LogP contribution in [0.3, 0.4) is 0 Å². The standard InChI is InChI=1S/C30H24F2N6O2/c1-2-20-23(31)6-3-16-9-19(39)10-21(24(16)20)26-25(32)27-22(11-34-26)28(38-12-17-4-5-18(13-38)35-17)37-29(36-27)40-15-30(14-33)7-8-30/h1,3,6,9-11,17-18,35,39H,4-5,7-8,12-13,15H2. The highest BCUT2D eigenvalue weighted by molar-refractivity contribution is 6.03. The van der Waals surface area contributed by atoms with Crippen molar-refractivity contribution >= 4 is 27.5 Å². The quantitative estimate of drug-likeness (QED) is 0.360. The number of halogens is 2. The predicted octanol–water partition coefficient (Wildman–Crippen LogP) is 4.43. The maximum atomic E-state index is 16.5. The van der Waals surface area contributed by atoms with Gasteiger partial charge in [-0.1, -0.05) is 12.0 Å². The third-order valence-corrected chi connectivity index (χ3v) is 8.18. The minimum Gasteiger partial charge on any atom is -0.508 e. The van der Waals surface area contributed by atoms with Gasteiger partial charge in [-0.15, -0.1) is 6.42 Å². The van der Waals surface area contributed by atoms with Crippen molar-refractivity contribution in [1.29, 1.82) is 5.26 Å². The number of piperazine rings is 1. The van der Waals surface area contributed by atoms with Crippen LogP contribution >= 0.6 is 0 Å². The van der Waals surface area contributed by atoms with Crippen molar-refractivity contribution < 1.29 is 18.6 Å². The first-order chi connectivity index (χ1) is 19.4. The normalized spacial score (nSPS) is 20.9. The lowest BCUT2D eigenvalue weighted by Gasteiger charge is -2.34. The van der Waals surface area contributed by atoms with Crippen molar-refractivity contribution in [3.05, 3.63) is 47.7 Å². The Balaban J connectivity index is 1.42. The van der Waals surface area contributed by atoms with E-state index in [1.165, 1.54) is 30.5 Å². The Hall–Kier alpha value is -4.54. The zero-order valence-electron chi connectivity index (χ0n) is 21.4. The Kier molecular flexibility index (Phi) is 5.51. The first kappa shape index (κ1) is 24.5. The molecule has 10 heteroatoms. The summed E-state index contributed by atoms with van der Waals surface area (Å²) in [5, 5.41) is 24.6. The van der Waals surface area contributed by atoms with Crippen LogP contribution in [0, 0.1) is 40.7 Å². The molecule has 2 bridgehead atoms. The van der Waals surface area contributed by atoms with E-state index in [2.05, 4.69) is 37.2 Å². The van der Waals surface area contributed by atoms with Gasteiger partial charge in [0.2, 0.25) is 0 Å². The molecule has 2 aromatic carbocycles. The summed E-state index contributed by atoms with van der Waals surface area (Å²) >= 11 is 0. The molecule has 2 aromatic heterocycles. The summed E-state index contributed by atoms with van der Waals surface area (Å²) in [6.45, 7) is 1.49. The van der Waals surface area contributed by atoms with Gasteiger partial charge in [-0.25, -0.2) is 8.78 Å². The van der Waals surface area contributed by atoms with Crippen LogP contribution in [0.25, 0.3) is 32.9 Å². The third kappa shape index (κ3) is 3.95. The van der Waals surface area contributed by atoms with Crippen LogP contribution in [0.4, 0.5) is 14.6 Å². The topological polar surface area (TPSA) is 107 Å². The Morgan fingerprint density at radius 3 is 2.65 bits per heavy atom. The molecule has 8 nitrogen and oxygen atoms in total. The van der Waals surface area contributed by atoms with Gasteiger partial charge in [0.25, 0.3) is 0 Å². The smallest absolute Gasteiger partial charge is 0.319 e. The van der Waals surface area contributed by atoms with E-state index >= 15 is 4.39 Å². The second kappa shape index (κ2) is 9.00. The lowest BCUT2D eigenvalue weighted by Crippen LogP contribution is -2.51. The van der Waals surface area contributed by atoms with Gasteiger partial charge in [-0.05, 0) is 49.3 Å². The number of fused-ring (bicyclic) bond motifs is 4. The Morgan fingerprint density at radius 1 is 1.18 bits per heavy atom. The van der Waals surface area contributed by atoms with Crippen molar-refractivity contribution in [2.75, 3.05) is 24.6 Å². The van der Waals surface area contributed by atoms with E-state index in [4.69, 9.17) is 11.2 Å². The van der Waals surface area contributed by atoms with Crippen LogP contribution in [0.5, 0.6) is 11.8 Å². The SMILES string of the molecule is C#Cc1c(F)ccc2cc(O)cc(-c3ncc4c(N5CC6CCC(C5)N6)nc(OCC5(C#N)CC5)nc4c3F)c12. The molecule has 200 valence electrons. The summed E-state index contributed by atoms with van der Waals surface area (Å²) in [5.74, 6) is 1.30. The molecule has 2 saturated heterocycles. The molecule has 2 N–H and O–H groups in total. The highest BCUT2D eigenvalue weighted by atomic mass is 19.1. The molecular formula is C30H24F2N6O2. The molecule has 1 aliphatic carbocycles. The summed E-state index contributed by atoms with van der Waals surface area (Å²) in [4.78, 5) is 15.6. The van der Waals surface area contributed by atoms with E-state index in [0.717, 1.165) is 25.7 Å². The van der Waals surface area contributed by atoms with E-state index in [9.17, 15) is 14.8 Å². The number of pyridine rings is 1. The van der Waals surface area contributed by atoms with Crippen molar-refractivity contribution in [3.8, 4) is 41.4 Å². The van der Waals surface area contributed by atoms with Gasteiger partial charge in [-0.3, -0.25) is 4.98 Å². The molecule has 1 saturated carbocycles. The van der Waals surface area contributed by atoms with Crippen LogP contribution < -0.4 is 15.0 Å². The van der Waals surface area contributed by atoms with Crippen LogP contribution in [-0.2, 0) is 0 Å². The average Bonchev–Trinajstić information content (AvgIpc) is 3.67. The van der Waals surface area contributed by atoms with Crippen LogP contribution in [-0.4, -0.2) is 51.8 Å². The minimum absolute atomic E-state index is 0.0205.